The maximum absolute atomic E-state index is 12.5. The van der Waals surface area contributed by atoms with Gasteiger partial charge in [-0.15, -0.1) is 0 Å². The van der Waals surface area contributed by atoms with Gasteiger partial charge in [-0.25, -0.2) is 13.2 Å². The van der Waals surface area contributed by atoms with Gasteiger partial charge in [0.2, 0.25) is 0 Å². The third-order valence-electron chi connectivity index (χ3n) is 3.85. The predicted octanol–water partition coefficient (Wildman–Crippen LogP) is 3.88. The van der Waals surface area contributed by atoms with Crippen LogP contribution in [0.15, 0.2) is 47.4 Å². The van der Waals surface area contributed by atoms with Crippen molar-refractivity contribution in [1.82, 2.24) is 5.32 Å². The van der Waals surface area contributed by atoms with E-state index in [1.165, 1.54) is 12.1 Å². The smallest absolute Gasteiger partial charge is 0.319 e. The largest absolute Gasteiger partial charge is 0.338 e. The summed E-state index contributed by atoms with van der Waals surface area (Å²) >= 11 is 0. The van der Waals surface area contributed by atoms with Crippen LogP contribution in [0.2, 0.25) is 0 Å². The molecule has 0 fully saturated rings. The molecule has 0 saturated carbocycles. The van der Waals surface area contributed by atoms with Crippen molar-refractivity contribution < 1.29 is 13.2 Å². The van der Waals surface area contributed by atoms with E-state index in [2.05, 4.69) is 15.4 Å². The van der Waals surface area contributed by atoms with Crippen LogP contribution in [0.25, 0.3) is 0 Å². The van der Waals surface area contributed by atoms with Crippen molar-refractivity contribution in [2.24, 2.45) is 5.92 Å². The SMILES string of the molecule is Cc1ccc(NS(=O)(=O)c2ccc(NC(=O)NCC(C)C)cc2)cc1C. The van der Waals surface area contributed by atoms with E-state index in [0.29, 0.717) is 23.8 Å². The molecule has 7 heteroatoms. The van der Waals surface area contributed by atoms with Crippen LogP contribution in [0.3, 0.4) is 0 Å². The maximum Gasteiger partial charge on any atom is 0.319 e. The summed E-state index contributed by atoms with van der Waals surface area (Å²) in [5, 5.41) is 5.41. The van der Waals surface area contributed by atoms with Gasteiger partial charge in [-0.2, -0.15) is 0 Å². The monoisotopic (exact) mass is 375 g/mol. The van der Waals surface area contributed by atoms with Crippen LogP contribution < -0.4 is 15.4 Å². The minimum Gasteiger partial charge on any atom is -0.338 e. The highest BCUT2D eigenvalue weighted by Gasteiger charge is 2.14. The zero-order chi connectivity index (χ0) is 19.3. The van der Waals surface area contributed by atoms with E-state index in [-0.39, 0.29) is 10.9 Å². The zero-order valence-corrected chi connectivity index (χ0v) is 16.3. The molecule has 140 valence electrons. The first kappa shape index (κ1) is 19.8. The fraction of sp³-hybridized carbons (Fsp3) is 0.316. The van der Waals surface area contributed by atoms with Crippen molar-refractivity contribution in [3.05, 3.63) is 53.6 Å². The Morgan fingerprint density at radius 3 is 2.15 bits per heavy atom. The topological polar surface area (TPSA) is 87.3 Å². The molecule has 2 rings (SSSR count). The van der Waals surface area contributed by atoms with Crippen molar-refractivity contribution in [3.8, 4) is 0 Å². The zero-order valence-electron chi connectivity index (χ0n) is 15.5. The van der Waals surface area contributed by atoms with E-state index in [9.17, 15) is 13.2 Å². The van der Waals surface area contributed by atoms with Crippen LogP contribution in [0.5, 0.6) is 0 Å². The van der Waals surface area contributed by atoms with Gasteiger partial charge < -0.3 is 10.6 Å². The van der Waals surface area contributed by atoms with Gasteiger partial charge in [-0.1, -0.05) is 19.9 Å². The molecule has 0 heterocycles. The van der Waals surface area contributed by atoms with Gasteiger partial charge >= 0.3 is 6.03 Å². The number of rotatable bonds is 6. The summed E-state index contributed by atoms with van der Waals surface area (Å²) in [6.07, 6.45) is 0. The summed E-state index contributed by atoms with van der Waals surface area (Å²) in [5.41, 5.74) is 3.15. The van der Waals surface area contributed by atoms with E-state index < -0.39 is 10.0 Å². The molecule has 0 spiro atoms. The Morgan fingerprint density at radius 2 is 1.58 bits per heavy atom. The Kier molecular flexibility index (Phi) is 6.26. The summed E-state index contributed by atoms with van der Waals surface area (Å²) in [4.78, 5) is 11.9. The molecule has 0 aliphatic heterocycles. The molecule has 2 amide bonds. The molecule has 0 atom stereocenters. The van der Waals surface area contributed by atoms with Crippen LogP contribution >= 0.6 is 0 Å². The Bertz CT molecular complexity index is 875. The third-order valence-corrected chi connectivity index (χ3v) is 5.25. The van der Waals surface area contributed by atoms with Gasteiger partial charge in [0, 0.05) is 17.9 Å². The molecule has 0 radical (unpaired) electrons. The molecule has 0 aliphatic carbocycles. The lowest BCUT2D eigenvalue weighted by Gasteiger charge is -2.11. The number of anilines is 2. The number of urea groups is 1. The van der Waals surface area contributed by atoms with E-state index in [0.717, 1.165) is 11.1 Å². The lowest BCUT2D eigenvalue weighted by molar-refractivity contribution is 0.251. The van der Waals surface area contributed by atoms with E-state index in [4.69, 9.17) is 0 Å². The van der Waals surface area contributed by atoms with Crippen molar-refractivity contribution in [3.63, 3.8) is 0 Å². The average molecular weight is 375 g/mol. The molecular formula is C19H25N3O3S. The minimum atomic E-state index is -3.69. The molecule has 3 N–H and O–H groups in total. The number of amides is 2. The predicted molar refractivity (Wildman–Crippen MR) is 105 cm³/mol. The van der Waals surface area contributed by atoms with Gasteiger partial charge in [-0.05, 0) is 67.3 Å². The molecule has 26 heavy (non-hydrogen) atoms. The minimum absolute atomic E-state index is 0.129. The van der Waals surface area contributed by atoms with E-state index >= 15 is 0 Å². The highest BCUT2D eigenvalue weighted by molar-refractivity contribution is 7.92. The average Bonchev–Trinajstić information content (AvgIpc) is 2.56. The van der Waals surface area contributed by atoms with Crippen LogP contribution in [0, 0.1) is 19.8 Å². The number of sulfonamides is 1. The quantitative estimate of drug-likeness (QED) is 0.716. The van der Waals surface area contributed by atoms with Crippen LogP contribution in [0.4, 0.5) is 16.2 Å². The second-order valence-electron chi connectivity index (χ2n) is 6.66. The van der Waals surface area contributed by atoms with Crippen LogP contribution in [-0.2, 0) is 10.0 Å². The summed E-state index contributed by atoms with van der Waals surface area (Å²) in [6.45, 7) is 8.47. The number of benzene rings is 2. The Labute approximate surface area is 155 Å². The second kappa shape index (κ2) is 8.23. The fourth-order valence-corrected chi connectivity index (χ4v) is 3.26. The Hall–Kier alpha value is -2.54. The lowest BCUT2D eigenvalue weighted by atomic mass is 10.1. The van der Waals surface area contributed by atoms with Gasteiger partial charge in [0.05, 0.1) is 4.90 Å². The fourth-order valence-electron chi connectivity index (χ4n) is 2.21. The van der Waals surface area contributed by atoms with Gasteiger partial charge in [0.15, 0.2) is 0 Å². The van der Waals surface area contributed by atoms with E-state index in [1.807, 2.05) is 33.8 Å². The Balaban J connectivity index is 2.06. The number of nitrogens with one attached hydrogen (secondary N) is 3. The van der Waals surface area contributed by atoms with Crippen LogP contribution in [-0.4, -0.2) is 21.0 Å². The molecule has 2 aromatic carbocycles. The first-order chi connectivity index (χ1) is 12.2. The molecule has 0 aliphatic rings. The highest BCUT2D eigenvalue weighted by Crippen LogP contribution is 2.20. The summed E-state index contributed by atoms with van der Waals surface area (Å²) in [7, 11) is -3.69. The molecule has 2 aromatic rings. The summed E-state index contributed by atoms with van der Waals surface area (Å²) in [6, 6.07) is 11.1. The van der Waals surface area contributed by atoms with Crippen molar-refractivity contribution in [2.75, 3.05) is 16.6 Å². The number of hydrogen-bond donors (Lipinski definition) is 3. The maximum atomic E-state index is 12.5. The standard InChI is InChI=1S/C19H25N3O3S/c1-13(2)12-20-19(23)21-16-7-9-18(10-8-16)26(24,25)22-17-6-5-14(3)15(4)11-17/h5-11,13,22H,12H2,1-4H3,(H2,20,21,23). The molecule has 0 saturated heterocycles. The van der Waals surface area contributed by atoms with Crippen molar-refractivity contribution in [1.29, 1.82) is 0 Å². The summed E-state index contributed by atoms with van der Waals surface area (Å²) in [5.74, 6) is 0.352. The van der Waals surface area contributed by atoms with Crippen molar-refractivity contribution >= 4 is 27.4 Å². The van der Waals surface area contributed by atoms with Crippen LogP contribution in [0.1, 0.15) is 25.0 Å². The second-order valence-corrected chi connectivity index (χ2v) is 8.34. The molecular weight excluding hydrogens is 350 g/mol. The van der Waals surface area contributed by atoms with Gasteiger partial charge in [-0.3, -0.25) is 4.72 Å². The van der Waals surface area contributed by atoms with Gasteiger partial charge in [0.25, 0.3) is 10.0 Å². The highest BCUT2D eigenvalue weighted by atomic mass is 32.2. The molecule has 0 aromatic heterocycles. The number of carbonyl (C=O) groups is 1. The number of carbonyl (C=O) groups excluding carboxylic acids is 1. The van der Waals surface area contributed by atoms with E-state index in [1.54, 1.807) is 24.3 Å². The molecule has 6 nitrogen and oxygen atoms in total. The number of hydrogen-bond acceptors (Lipinski definition) is 3. The lowest BCUT2D eigenvalue weighted by Crippen LogP contribution is -2.31. The van der Waals surface area contributed by atoms with Crippen molar-refractivity contribution in [2.45, 2.75) is 32.6 Å². The molecule has 0 unspecified atom stereocenters. The third kappa shape index (κ3) is 5.49. The van der Waals surface area contributed by atoms with Gasteiger partial charge in [0.1, 0.15) is 0 Å². The Morgan fingerprint density at radius 1 is 0.962 bits per heavy atom. The first-order valence-corrected chi connectivity index (χ1v) is 9.90. The first-order valence-electron chi connectivity index (χ1n) is 8.42. The number of aryl methyl sites for hydroxylation is 2. The molecule has 0 bridgehead atoms. The normalized spacial score (nSPS) is 11.3. The summed E-state index contributed by atoms with van der Waals surface area (Å²) < 4.78 is 27.6.